The summed E-state index contributed by atoms with van der Waals surface area (Å²) >= 11 is 6.02. The third kappa shape index (κ3) is 1.64. The van der Waals surface area contributed by atoms with Crippen LogP contribution in [0.2, 0.25) is 5.02 Å². The number of hydrogen-bond acceptors (Lipinski definition) is 2. The number of fused-ring (bicyclic) bond motifs is 1. The SMILES string of the molecule is Cc1c[nH]c2ccc(OC(=O)O)c(Cl)c12. The standard InChI is InChI=1S/C10H8ClNO3/c1-5-4-12-6-2-3-7(15-10(13)14)9(11)8(5)6/h2-4,12H,1H3,(H,13,14). The number of carbonyl (C=O) groups is 1. The molecule has 1 aromatic carbocycles. The first-order chi connectivity index (χ1) is 7.09. The summed E-state index contributed by atoms with van der Waals surface area (Å²) in [6, 6.07) is 3.25. The van der Waals surface area contributed by atoms with Crippen molar-refractivity contribution in [1.29, 1.82) is 0 Å². The second-order valence-corrected chi connectivity index (χ2v) is 3.52. The monoisotopic (exact) mass is 225 g/mol. The van der Waals surface area contributed by atoms with Crippen LogP contribution in [0.15, 0.2) is 18.3 Å². The van der Waals surface area contributed by atoms with E-state index in [2.05, 4.69) is 9.72 Å². The van der Waals surface area contributed by atoms with Crippen LogP contribution in [0.1, 0.15) is 5.56 Å². The zero-order valence-corrected chi connectivity index (χ0v) is 8.63. The van der Waals surface area contributed by atoms with Gasteiger partial charge in [-0.2, -0.15) is 0 Å². The summed E-state index contributed by atoms with van der Waals surface area (Å²) in [5.74, 6) is 0.152. The largest absolute Gasteiger partial charge is 0.511 e. The highest BCUT2D eigenvalue weighted by atomic mass is 35.5. The molecule has 2 aromatic rings. The van der Waals surface area contributed by atoms with Gasteiger partial charge in [-0.25, -0.2) is 4.79 Å². The number of hydrogen-bond donors (Lipinski definition) is 2. The number of benzene rings is 1. The number of H-pyrrole nitrogens is 1. The van der Waals surface area contributed by atoms with Crippen LogP contribution in [0, 0.1) is 6.92 Å². The Kier molecular flexibility index (Phi) is 2.28. The molecule has 4 nitrogen and oxygen atoms in total. The molecule has 2 rings (SSSR count). The van der Waals surface area contributed by atoms with E-state index in [0.717, 1.165) is 16.5 Å². The van der Waals surface area contributed by atoms with Crippen molar-refractivity contribution in [2.24, 2.45) is 0 Å². The Bertz CT molecular complexity index is 533. The van der Waals surface area contributed by atoms with Gasteiger partial charge in [0, 0.05) is 17.1 Å². The third-order valence-corrected chi connectivity index (χ3v) is 2.52. The smallest absolute Gasteiger partial charge is 0.449 e. The average Bonchev–Trinajstić information content (AvgIpc) is 2.53. The fourth-order valence-electron chi connectivity index (χ4n) is 1.49. The highest BCUT2D eigenvalue weighted by Crippen LogP contribution is 2.34. The van der Waals surface area contributed by atoms with Crippen molar-refractivity contribution in [2.45, 2.75) is 6.92 Å². The molecule has 5 heteroatoms. The maximum Gasteiger partial charge on any atom is 0.511 e. The molecular weight excluding hydrogens is 218 g/mol. The second kappa shape index (κ2) is 3.47. The van der Waals surface area contributed by atoms with Crippen molar-refractivity contribution < 1.29 is 14.6 Å². The van der Waals surface area contributed by atoms with Gasteiger partial charge in [-0.3, -0.25) is 0 Å². The van der Waals surface area contributed by atoms with Crippen molar-refractivity contribution >= 4 is 28.7 Å². The Balaban J connectivity index is 2.63. The van der Waals surface area contributed by atoms with Gasteiger partial charge in [-0.15, -0.1) is 0 Å². The topological polar surface area (TPSA) is 62.3 Å². The molecular formula is C10H8ClNO3. The highest BCUT2D eigenvalue weighted by Gasteiger charge is 2.12. The van der Waals surface area contributed by atoms with Gasteiger partial charge in [0.2, 0.25) is 0 Å². The summed E-state index contributed by atoms with van der Waals surface area (Å²) in [5, 5.41) is 9.60. The fourth-order valence-corrected chi connectivity index (χ4v) is 1.85. The Morgan fingerprint density at radius 2 is 2.27 bits per heavy atom. The third-order valence-electron chi connectivity index (χ3n) is 2.14. The first-order valence-electron chi connectivity index (χ1n) is 4.26. The number of carboxylic acid groups (broad SMARTS) is 1. The summed E-state index contributed by atoms with van der Waals surface area (Å²) < 4.78 is 4.55. The Hall–Kier alpha value is -1.68. The Morgan fingerprint density at radius 3 is 2.93 bits per heavy atom. The van der Waals surface area contributed by atoms with Crippen LogP contribution in [0.4, 0.5) is 4.79 Å². The van der Waals surface area contributed by atoms with E-state index in [1.54, 1.807) is 12.3 Å². The lowest BCUT2D eigenvalue weighted by atomic mass is 10.2. The molecule has 2 N–H and O–H groups in total. The molecule has 0 saturated heterocycles. The quantitative estimate of drug-likeness (QED) is 0.579. The highest BCUT2D eigenvalue weighted by molar-refractivity contribution is 6.37. The zero-order valence-electron chi connectivity index (χ0n) is 7.87. The lowest BCUT2D eigenvalue weighted by molar-refractivity contribution is 0.144. The van der Waals surface area contributed by atoms with Gasteiger partial charge in [0.15, 0.2) is 5.75 Å². The minimum Gasteiger partial charge on any atom is -0.449 e. The van der Waals surface area contributed by atoms with E-state index < -0.39 is 6.16 Å². The number of halogens is 1. The molecule has 78 valence electrons. The summed E-state index contributed by atoms with van der Waals surface area (Å²) in [6.45, 7) is 1.88. The predicted octanol–water partition coefficient (Wildman–Crippen LogP) is 3.19. The maximum atomic E-state index is 10.4. The van der Waals surface area contributed by atoms with Gasteiger partial charge in [-0.05, 0) is 24.6 Å². The Morgan fingerprint density at radius 1 is 1.53 bits per heavy atom. The first kappa shape index (κ1) is 9.86. The molecule has 0 unspecified atom stereocenters. The van der Waals surface area contributed by atoms with E-state index in [4.69, 9.17) is 16.7 Å². The lowest BCUT2D eigenvalue weighted by Gasteiger charge is -2.03. The number of aryl methyl sites for hydroxylation is 1. The molecule has 1 aromatic heterocycles. The first-order valence-corrected chi connectivity index (χ1v) is 4.64. The molecule has 0 bridgehead atoms. The number of ether oxygens (including phenoxy) is 1. The predicted molar refractivity (Wildman–Crippen MR) is 56.7 cm³/mol. The van der Waals surface area contributed by atoms with Gasteiger partial charge in [0.25, 0.3) is 0 Å². The van der Waals surface area contributed by atoms with E-state index in [0.29, 0.717) is 5.02 Å². The summed E-state index contributed by atoms with van der Waals surface area (Å²) in [7, 11) is 0. The molecule has 1 heterocycles. The molecule has 0 atom stereocenters. The maximum absolute atomic E-state index is 10.4. The van der Waals surface area contributed by atoms with Gasteiger partial charge in [0.1, 0.15) is 0 Å². The number of nitrogens with one attached hydrogen (secondary N) is 1. The van der Waals surface area contributed by atoms with Gasteiger partial charge in [-0.1, -0.05) is 11.6 Å². The van der Waals surface area contributed by atoms with Crippen LogP contribution in [-0.2, 0) is 0 Å². The van der Waals surface area contributed by atoms with E-state index >= 15 is 0 Å². The molecule has 0 aliphatic heterocycles. The van der Waals surface area contributed by atoms with Crippen molar-refractivity contribution in [3.8, 4) is 5.75 Å². The van der Waals surface area contributed by atoms with Crippen LogP contribution < -0.4 is 4.74 Å². The van der Waals surface area contributed by atoms with E-state index in [-0.39, 0.29) is 5.75 Å². The normalized spacial score (nSPS) is 10.5. The molecule has 0 radical (unpaired) electrons. The Labute approximate surface area is 90.4 Å². The second-order valence-electron chi connectivity index (χ2n) is 3.14. The van der Waals surface area contributed by atoms with Crippen LogP contribution in [-0.4, -0.2) is 16.2 Å². The minimum absolute atomic E-state index is 0.152. The van der Waals surface area contributed by atoms with Gasteiger partial charge < -0.3 is 14.8 Å². The van der Waals surface area contributed by atoms with Crippen LogP contribution >= 0.6 is 11.6 Å². The molecule has 0 saturated carbocycles. The number of rotatable bonds is 1. The van der Waals surface area contributed by atoms with Crippen molar-refractivity contribution in [3.05, 3.63) is 28.9 Å². The van der Waals surface area contributed by atoms with Crippen LogP contribution in [0.25, 0.3) is 10.9 Å². The van der Waals surface area contributed by atoms with E-state index in [1.807, 2.05) is 6.92 Å². The summed E-state index contributed by atoms with van der Waals surface area (Å²) in [4.78, 5) is 13.4. The van der Waals surface area contributed by atoms with E-state index in [9.17, 15) is 4.79 Å². The molecule has 0 aliphatic rings. The zero-order chi connectivity index (χ0) is 11.0. The van der Waals surface area contributed by atoms with Crippen LogP contribution in [0.3, 0.4) is 0 Å². The summed E-state index contributed by atoms with van der Waals surface area (Å²) in [6.07, 6.45) is 0.436. The van der Waals surface area contributed by atoms with Crippen molar-refractivity contribution in [2.75, 3.05) is 0 Å². The summed E-state index contributed by atoms with van der Waals surface area (Å²) in [5.41, 5.74) is 1.81. The molecule has 0 spiro atoms. The molecule has 15 heavy (non-hydrogen) atoms. The average molecular weight is 226 g/mol. The van der Waals surface area contributed by atoms with Gasteiger partial charge in [0.05, 0.1) is 5.02 Å². The lowest BCUT2D eigenvalue weighted by Crippen LogP contribution is -2.03. The number of aromatic amines is 1. The van der Waals surface area contributed by atoms with Crippen molar-refractivity contribution in [1.82, 2.24) is 4.98 Å². The van der Waals surface area contributed by atoms with Crippen LogP contribution in [0.5, 0.6) is 5.75 Å². The minimum atomic E-state index is -1.37. The molecule has 0 aliphatic carbocycles. The molecule has 0 amide bonds. The molecule has 0 fully saturated rings. The van der Waals surface area contributed by atoms with E-state index in [1.165, 1.54) is 6.07 Å². The van der Waals surface area contributed by atoms with Gasteiger partial charge >= 0.3 is 6.16 Å². The number of aromatic nitrogens is 1. The van der Waals surface area contributed by atoms with Crippen molar-refractivity contribution in [3.63, 3.8) is 0 Å². The fraction of sp³-hybridized carbons (Fsp3) is 0.100.